The van der Waals surface area contributed by atoms with E-state index in [1.807, 2.05) is 39.0 Å². The third-order valence-electron chi connectivity index (χ3n) is 5.50. The predicted octanol–water partition coefficient (Wildman–Crippen LogP) is 2.28. The maximum absolute atomic E-state index is 12.5. The molecule has 0 aromatic rings. The molecular weight excluding hydrogens is 360 g/mol. The van der Waals surface area contributed by atoms with Crippen molar-refractivity contribution in [3.8, 4) is 0 Å². The lowest BCUT2D eigenvalue weighted by atomic mass is 9.95. The van der Waals surface area contributed by atoms with Crippen LogP contribution < -0.4 is 0 Å². The molecule has 6 heteroatoms. The molecular formula is C22H34O6. The number of allylic oxidation sites excluding steroid dienone is 2. The molecule has 0 aromatic heterocycles. The zero-order chi connectivity index (χ0) is 20.8. The van der Waals surface area contributed by atoms with E-state index in [0.717, 1.165) is 5.57 Å². The summed E-state index contributed by atoms with van der Waals surface area (Å²) < 4.78 is 11.2. The van der Waals surface area contributed by atoms with E-state index in [1.54, 1.807) is 13.0 Å². The number of aliphatic hydroxyl groups is 3. The number of epoxide rings is 1. The zero-order valence-electron chi connectivity index (χ0n) is 17.2. The van der Waals surface area contributed by atoms with E-state index >= 15 is 0 Å². The van der Waals surface area contributed by atoms with Gasteiger partial charge < -0.3 is 24.8 Å². The van der Waals surface area contributed by atoms with Crippen LogP contribution >= 0.6 is 0 Å². The number of carbonyl (C=O) groups excluding carboxylic acids is 1. The van der Waals surface area contributed by atoms with Crippen molar-refractivity contribution in [2.45, 2.75) is 77.5 Å². The molecule has 7 atom stereocenters. The molecule has 0 bridgehead atoms. The van der Waals surface area contributed by atoms with Gasteiger partial charge in [-0.15, -0.1) is 0 Å². The van der Waals surface area contributed by atoms with Crippen LogP contribution in [0.2, 0.25) is 0 Å². The second-order valence-electron chi connectivity index (χ2n) is 8.10. The Hall–Kier alpha value is -1.47. The van der Waals surface area contributed by atoms with Crippen molar-refractivity contribution in [2.24, 2.45) is 11.8 Å². The monoisotopic (exact) mass is 394 g/mol. The van der Waals surface area contributed by atoms with Crippen molar-refractivity contribution < 1.29 is 29.6 Å². The molecule has 1 saturated heterocycles. The van der Waals surface area contributed by atoms with Gasteiger partial charge in [-0.2, -0.15) is 0 Å². The maximum Gasteiger partial charge on any atom is 0.334 e. The van der Waals surface area contributed by atoms with Crippen LogP contribution in [0.25, 0.3) is 0 Å². The summed E-state index contributed by atoms with van der Waals surface area (Å²) in [6, 6.07) is 0. The third kappa shape index (κ3) is 6.27. The van der Waals surface area contributed by atoms with Gasteiger partial charge in [0.1, 0.15) is 18.3 Å². The van der Waals surface area contributed by atoms with Crippen molar-refractivity contribution >= 4 is 5.97 Å². The number of rotatable bonds is 3. The van der Waals surface area contributed by atoms with Crippen molar-refractivity contribution in [3.63, 3.8) is 0 Å². The Morgan fingerprint density at radius 2 is 1.86 bits per heavy atom. The van der Waals surface area contributed by atoms with Gasteiger partial charge in [-0.1, -0.05) is 37.6 Å². The van der Waals surface area contributed by atoms with Crippen LogP contribution in [0.1, 0.15) is 47.0 Å². The molecule has 2 heterocycles. The molecule has 2 aliphatic rings. The topological polar surface area (TPSA) is 99.5 Å². The number of aliphatic hydroxyl groups excluding tert-OH is 3. The minimum Gasteiger partial charge on any atom is -0.458 e. The molecule has 2 rings (SSSR count). The predicted molar refractivity (Wildman–Crippen MR) is 106 cm³/mol. The SMILES string of the molecule is CC1=C\[C@@H](C)[C@H](O)[C@H]2O[C@@H]2[C@H](O)C/C=C/C[C@@H]([C@@H](C)CCO)OC(=O)\C(C)=C\1. The molecule has 1 fully saturated rings. The highest BCUT2D eigenvalue weighted by atomic mass is 16.6. The number of ether oxygens (including phenoxy) is 2. The van der Waals surface area contributed by atoms with Crippen LogP contribution in [0.3, 0.4) is 0 Å². The van der Waals surface area contributed by atoms with Crippen LogP contribution in [0.4, 0.5) is 0 Å². The highest BCUT2D eigenvalue weighted by Gasteiger charge is 2.49. The van der Waals surface area contributed by atoms with Crippen molar-refractivity contribution in [1.82, 2.24) is 0 Å². The van der Waals surface area contributed by atoms with Crippen LogP contribution in [-0.4, -0.2) is 58.4 Å². The molecule has 0 aromatic carbocycles. The van der Waals surface area contributed by atoms with Gasteiger partial charge in [-0.3, -0.25) is 0 Å². The first-order valence-electron chi connectivity index (χ1n) is 10.1. The molecule has 0 saturated carbocycles. The summed E-state index contributed by atoms with van der Waals surface area (Å²) in [6.07, 6.45) is 6.38. The number of cyclic esters (lactones) is 1. The fourth-order valence-corrected chi connectivity index (χ4v) is 3.60. The lowest BCUT2D eigenvalue weighted by Crippen LogP contribution is -2.28. The number of hydrogen-bond donors (Lipinski definition) is 3. The first kappa shape index (κ1) is 22.8. The second kappa shape index (κ2) is 10.3. The van der Waals surface area contributed by atoms with Gasteiger partial charge in [0.15, 0.2) is 0 Å². The zero-order valence-corrected chi connectivity index (χ0v) is 17.2. The number of hydrogen-bond acceptors (Lipinski definition) is 6. The molecule has 28 heavy (non-hydrogen) atoms. The molecule has 0 aliphatic carbocycles. The van der Waals surface area contributed by atoms with Gasteiger partial charge in [-0.25, -0.2) is 4.79 Å². The molecule has 0 amide bonds. The van der Waals surface area contributed by atoms with Crippen molar-refractivity contribution in [1.29, 1.82) is 0 Å². The number of fused-ring (bicyclic) bond motifs is 1. The lowest BCUT2D eigenvalue weighted by Gasteiger charge is -2.23. The average Bonchev–Trinajstić information content (AvgIpc) is 3.43. The Bertz CT molecular complexity index is 623. The molecule has 2 aliphatic heterocycles. The molecule has 0 spiro atoms. The minimum atomic E-state index is -0.712. The number of carbonyl (C=O) groups is 1. The van der Waals surface area contributed by atoms with E-state index in [1.165, 1.54) is 0 Å². The Kier molecular flexibility index (Phi) is 8.43. The Morgan fingerprint density at radius 3 is 2.54 bits per heavy atom. The Labute approximate surface area is 167 Å². The molecule has 0 radical (unpaired) electrons. The first-order valence-corrected chi connectivity index (χ1v) is 10.1. The van der Waals surface area contributed by atoms with E-state index in [2.05, 4.69) is 0 Å². The average molecular weight is 395 g/mol. The minimum absolute atomic E-state index is 0.0122. The standard InChI is InChI=1S/C22H34O6/c1-13-11-15(3)19(25)21-20(28-21)17(24)7-5-6-8-18(14(2)9-10-23)27-22(26)16(4)12-13/h5-6,11-12,14-15,17-21,23-25H,7-10H2,1-4H3/b6-5+,13-11+,16-12+/t14-,15+,17+,18-,19-,20+,21+/m0/s1. The smallest absolute Gasteiger partial charge is 0.334 e. The quantitative estimate of drug-likeness (QED) is 0.386. The summed E-state index contributed by atoms with van der Waals surface area (Å²) >= 11 is 0. The molecule has 6 nitrogen and oxygen atoms in total. The van der Waals surface area contributed by atoms with Crippen LogP contribution in [0, 0.1) is 11.8 Å². The summed E-state index contributed by atoms with van der Waals surface area (Å²) in [7, 11) is 0. The fourth-order valence-electron chi connectivity index (χ4n) is 3.60. The highest BCUT2D eigenvalue weighted by molar-refractivity contribution is 5.88. The van der Waals surface area contributed by atoms with Gasteiger partial charge in [-0.05, 0) is 38.7 Å². The number of esters is 1. The van der Waals surface area contributed by atoms with E-state index < -0.39 is 12.2 Å². The van der Waals surface area contributed by atoms with Gasteiger partial charge >= 0.3 is 5.97 Å². The second-order valence-corrected chi connectivity index (χ2v) is 8.10. The lowest BCUT2D eigenvalue weighted by molar-refractivity contribution is -0.146. The van der Waals surface area contributed by atoms with Gasteiger partial charge in [0.25, 0.3) is 0 Å². The van der Waals surface area contributed by atoms with E-state index in [0.29, 0.717) is 24.8 Å². The van der Waals surface area contributed by atoms with Gasteiger partial charge in [0.2, 0.25) is 0 Å². The van der Waals surface area contributed by atoms with Crippen LogP contribution in [0.5, 0.6) is 0 Å². The molecule has 158 valence electrons. The summed E-state index contributed by atoms with van der Waals surface area (Å²) in [5.74, 6) is -0.553. The first-order chi connectivity index (χ1) is 13.2. The largest absolute Gasteiger partial charge is 0.458 e. The maximum atomic E-state index is 12.5. The Morgan fingerprint density at radius 1 is 1.18 bits per heavy atom. The van der Waals surface area contributed by atoms with Gasteiger partial charge in [0.05, 0.1) is 12.2 Å². The molecule has 0 unspecified atom stereocenters. The van der Waals surface area contributed by atoms with E-state index in [9.17, 15) is 20.1 Å². The summed E-state index contributed by atoms with van der Waals surface area (Å²) in [5, 5.41) is 30.0. The summed E-state index contributed by atoms with van der Waals surface area (Å²) in [4.78, 5) is 12.5. The Balaban J connectivity index is 2.23. The summed E-state index contributed by atoms with van der Waals surface area (Å²) in [5.41, 5.74) is 1.34. The van der Waals surface area contributed by atoms with E-state index in [-0.39, 0.29) is 42.7 Å². The van der Waals surface area contributed by atoms with Crippen molar-refractivity contribution in [3.05, 3.63) is 35.5 Å². The summed E-state index contributed by atoms with van der Waals surface area (Å²) in [6.45, 7) is 7.46. The fraction of sp³-hybridized carbons (Fsp3) is 0.682. The highest BCUT2D eigenvalue weighted by Crippen LogP contribution is 2.33. The van der Waals surface area contributed by atoms with E-state index in [4.69, 9.17) is 9.47 Å². The van der Waals surface area contributed by atoms with Crippen LogP contribution in [-0.2, 0) is 14.3 Å². The van der Waals surface area contributed by atoms with Gasteiger partial charge in [0, 0.05) is 24.5 Å². The normalized spacial score (nSPS) is 40.9. The van der Waals surface area contributed by atoms with Crippen LogP contribution in [0.15, 0.2) is 35.5 Å². The van der Waals surface area contributed by atoms with Crippen molar-refractivity contribution in [2.75, 3.05) is 6.61 Å². The molecule has 3 N–H and O–H groups in total. The third-order valence-corrected chi connectivity index (χ3v) is 5.50.